The Bertz CT molecular complexity index is 670. The molecule has 126 valence electrons. The average Bonchev–Trinajstić information content (AvgIpc) is 2.95. The smallest absolute Gasteiger partial charge is 0.274 e. The van der Waals surface area contributed by atoms with Crippen molar-refractivity contribution < 1.29 is 4.79 Å². The lowest BCUT2D eigenvalue weighted by molar-refractivity contribution is 0.0734. The Hall–Kier alpha value is -1.56. The number of nitrogens with two attached hydrogens (primary N) is 1. The predicted octanol–water partition coefficient (Wildman–Crippen LogP) is 3.00. The third-order valence-corrected chi connectivity index (χ3v) is 3.68. The minimum absolute atomic E-state index is 0. The maximum Gasteiger partial charge on any atom is 0.274 e. The number of aromatic nitrogens is 2. The van der Waals surface area contributed by atoms with Crippen LogP contribution in [-0.2, 0) is 0 Å². The lowest BCUT2D eigenvalue weighted by atomic mass is 9.93. The molecule has 23 heavy (non-hydrogen) atoms. The minimum atomic E-state index is -0.125. The van der Waals surface area contributed by atoms with Gasteiger partial charge < -0.3 is 10.6 Å². The molecule has 1 heterocycles. The monoisotopic (exact) mass is 356 g/mol. The molecule has 0 fully saturated rings. The molecule has 2 N–H and O–H groups in total. The van der Waals surface area contributed by atoms with Crippen LogP contribution in [0.4, 0.5) is 0 Å². The van der Waals surface area contributed by atoms with Gasteiger partial charge in [0.25, 0.3) is 5.91 Å². The topological polar surface area (TPSA) is 64.2 Å². The van der Waals surface area contributed by atoms with E-state index in [4.69, 9.17) is 17.3 Å². The van der Waals surface area contributed by atoms with Crippen molar-refractivity contribution in [2.45, 2.75) is 13.8 Å². The standard InChI is InChI=1S/C16H21ClN4O.ClH/c1-16(2,10-18)11-20(3)15(22)14-7-8-21(19-14)13-6-4-5-12(17)9-13;/h4-9H,10-11,18H2,1-3H3;1H. The fraction of sp³-hybridized carbons (Fsp3) is 0.375. The Morgan fingerprint density at radius 1 is 1.39 bits per heavy atom. The van der Waals surface area contributed by atoms with Crippen LogP contribution < -0.4 is 5.73 Å². The number of carbonyl (C=O) groups is 1. The van der Waals surface area contributed by atoms with Crippen LogP contribution in [0.3, 0.4) is 0 Å². The predicted molar refractivity (Wildman–Crippen MR) is 95.6 cm³/mol. The van der Waals surface area contributed by atoms with Gasteiger partial charge in [0.2, 0.25) is 0 Å². The molecule has 0 saturated heterocycles. The van der Waals surface area contributed by atoms with Gasteiger partial charge in [0.15, 0.2) is 5.69 Å². The number of benzene rings is 1. The molecule has 1 amide bonds. The number of halogens is 2. The van der Waals surface area contributed by atoms with E-state index in [0.29, 0.717) is 23.8 Å². The molecule has 0 spiro atoms. The summed E-state index contributed by atoms with van der Waals surface area (Å²) in [6, 6.07) is 9.02. The maximum absolute atomic E-state index is 12.4. The lowest BCUT2D eigenvalue weighted by Crippen LogP contribution is -2.39. The van der Waals surface area contributed by atoms with E-state index in [0.717, 1.165) is 5.69 Å². The van der Waals surface area contributed by atoms with Crippen molar-refractivity contribution in [2.75, 3.05) is 20.1 Å². The van der Waals surface area contributed by atoms with Gasteiger partial charge in [0.05, 0.1) is 5.69 Å². The molecule has 0 aliphatic carbocycles. The molecule has 1 aromatic carbocycles. The Labute approximate surface area is 147 Å². The molecule has 5 nitrogen and oxygen atoms in total. The van der Waals surface area contributed by atoms with E-state index < -0.39 is 0 Å². The van der Waals surface area contributed by atoms with E-state index in [1.807, 2.05) is 26.0 Å². The van der Waals surface area contributed by atoms with Crippen LogP contribution in [0.15, 0.2) is 36.5 Å². The van der Waals surface area contributed by atoms with Crippen molar-refractivity contribution in [2.24, 2.45) is 11.1 Å². The summed E-state index contributed by atoms with van der Waals surface area (Å²) in [6.07, 6.45) is 1.75. The first-order valence-corrected chi connectivity index (χ1v) is 7.47. The maximum atomic E-state index is 12.4. The van der Waals surface area contributed by atoms with Crippen LogP contribution in [-0.4, -0.2) is 40.7 Å². The highest BCUT2D eigenvalue weighted by Crippen LogP contribution is 2.17. The van der Waals surface area contributed by atoms with Gasteiger partial charge in [-0.3, -0.25) is 4.79 Å². The molecular formula is C16H22Cl2N4O. The van der Waals surface area contributed by atoms with E-state index in [-0.39, 0.29) is 23.7 Å². The Kier molecular flexibility index (Phi) is 6.62. The highest BCUT2D eigenvalue weighted by atomic mass is 35.5. The summed E-state index contributed by atoms with van der Waals surface area (Å²) in [5.74, 6) is -0.123. The molecular weight excluding hydrogens is 335 g/mol. The molecule has 0 atom stereocenters. The summed E-state index contributed by atoms with van der Waals surface area (Å²) in [5, 5.41) is 4.96. The number of amides is 1. The molecule has 0 unspecified atom stereocenters. The summed E-state index contributed by atoms with van der Waals surface area (Å²) >= 11 is 5.98. The van der Waals surface area contributed by atoms with Crippen molar-refractivity contribution in [3.8, 4) is 5.69 Å². The first kappa shape index (κ1) is 19.5. The van der Waals surface area contributed by atoms with Crippen LogP contribution in [0.1, 0.15) is 24.3 Å². The summed E-state index contributed by atoms with van der Waals surface area (Å²) in [6.45, 7) is 5.15. The van der Waals surface area contributed by atoms with Crippen molar-refractivity contribution in [3.05, 3.63) is 47.2 Å². The zero-order valence-electron chi connectivity index (χ0n) is 13.5. The van der Waals surface area contributed by atoms with Crippen LogP contribution in [0.25, 0.3) is 5.69 Å². The van der Waals surface area contributed by atoms with E-state index in [9.17, 15) is 4.79 Å². The van der Waals surface area contributed by atoms with Crippen molar-refractivity contribution >= 4 is 29.9 Å². The fourth-order valence-electron chi connectivity index (χ4n) is 2.17. The lowest BCUT2D eigenvalue weighted by Gasteiger charge is -2.28. The summed E-state index contributed by atoms with van der Waals surface area (Å²) in [7, 11) is 1.76. The Morgan fingerprint density at radius 3 is 2.70 bits per heavy atom. The molecule has 0 saturated carbocycles. The third-order valence-electron chi connectivity index (χ3n) is 3.45. The van der Waals surface area contributed by atoms with Gasteiger partial charge in [0, 0.05) is 24.8 Å². The molecule has 0 aliphatic rings. The second-order valence-electron chi connectivity index (χ2n) is 6.15. The van der Waals surface area contributed by atoms with E-state index >= 15 is 0 Å². The second-order valence-corrected chi connectivity index (χ2v) is 6.59. The molecule has 0 bridgehead atoms. The number of carbonyl (C=O) groups excluding carboxylic acids is 1. The second kappa shape index (κ2) is 7.81. The quantitative estimate of drug-likeness (QED) is 0.895. The molecule has 7 heteroatoms. The summed E-state index contributed by atoms with van der Waals surface area (Å²) in [4.78, 5) is 14.1. The number of rotatable bonds is 5. The van der Waals surface area contributed by atoms with E-state index in [1.54, 1.807) is 41.0 Å². The van der Waals surface area contributed by atoms with Gasteiger partial charge in [-0.25, -0.2) is 4.68 Å². The molecule has 0 radical (unpaired) electrons. The van der Waals surface area contributed by atoms with Gasteiger partial charge >= 0.3 is 0 Å². The zero-order valence-corrected chi connectivity index (χ0v) is 15.1. The van der Waals surface area contributed by atoms with Gasteiger partial charge in [-0.05, 0) is 36.2 Å². The van der Waals surface area contributed by atoms with Crippen LogP contribution in [0.2, 0.25) is 5.02 Å². The van der Waals surface area contributed by atoms with Crippen LogP contribution in [0, 0.1) is 5.41 Å². The normalized spacial score (nSPS) is 11.0. The SMILES string of the molecule is CN(CC(C)(C)CN)C(=O)c1ccn(-c2cccc(Cl)c2)n1.Cl. The first-order chi connectivity index (χ1) is 10.3. The highest BCUT2D eigenvalue weighted by molar-refractivity contribution is 6.30. The fourth-order valence-corrected chi connectivity index (χ4v) is 2.36. The number of hydrogen-bond acceptors (Lipinski definition) is 3. The highest BCUT2D eigenvalue weighted by Gasteiger charge is 2.23. The molecule has 2 rings (SSSR count). The largest absolute Gasteiger partial charge is 0.340 e. The summed E-state index contributed by atoms with van der Waals surface area (Å²) in [5.41, 5.74) is 6.81. The van der Waals surface area contributed by atoms with Crippen molar-refractivity contribution in [1.29, 1.82) is 0 Å². The first-order valence-electron chi connectivity index (χ1n) is 7.09. The molecule has 2 aromatic rings. The average molecular weight is 357 g/mol. The van der Waals surface area contributed by atoms with Crippen molar-refractivity contribution in [3.63, 3.8) is 0 Å². The van der Waals surface area contributed by atoms with Gasteiger partial charge in [-0.1, -0.05) is 31.5 Å². The van der Waals surface area contributed by atoms with Crippen LogP contribution >= 0.6 is 24.0 Å². The Balaban J connectivity index is 0.00000264. The van der Waals surface area contributed by atoms with Crippen molar-refractivity contribution in [1.82, 2.24) is 14.7 Å². The zero-order chi connectivity index (χ0) is 16.3. The Morgan fingerprint density at radius 2 is 2.09 bits per heavy atom. The molecule has 0 aliphatic heterocycles. The van der Waals surface area contributed by atoms with Gasteiger partial charge in [-0.15, -0.1) is 12.4 Å². The van der Waals surface area contributed by atoms with Crippen LogP contribution in [0.5, 0.6) is 0 Å². The van der Waals surface area contributed by atoms with E-state index in [2.05, 4.69) is 5.10 Å². The van der Waals surface area contributed by atoms with E-state index in [1.165, 1.54) is 0 Å². The van der Waals surface area contributed by atoms with Gasteiger partial charge in [-0.2, -0.15) is 5.10 Å². The third kappa shape index (κ3) is 4.96. The summed E-state index contributed by atoms with van der Waals surface area (Å²) < 4.78 is 1.64. The minimum Gasteiger partial charge on any atom is -0.340 e. The molecule has 1 aromatic heterocycles. The number of nitrogens with zero attached hydrogens (tertiary/aromatic N) is 3. The van der Waals surface area contributed by atoms with Gasteiger partial charge in [0.1, 0.15) is 0 Å². The number of hydrogen-bond donors (Lipinski definition) is 1.